The zero-order valence-electron chi connectivity index (χ0n) is 10.7. The number of nitrogens with zero attached hydrogens (tertiary/aromatic N) is 2. The van der Waals surface area contributed by atoms with Crippen LogP contribution in [0.2, 0.25) is 4.34 Å². The molecule has 0 saturated heterocycles. The van der Waals surface area contributed by atoms with Crippen LogP contribution in [0.5, 0.6) is 0 Å². The number of thioether (sulfide) groups is 1. The fourth-order valence-electron chi connectivity index (χ4n) is 1.30. The van der Waals surface area contributed by atoms with E-state index in [1.165, 1.54) is 34.4 Å². The lowest BCUT2D eigenvalue weighted by atomic mass is 10.4. The molecule has 2 aromatic heterocycles. The molecule has 2 aromatic rings. The summed E-state index contributed by atoms with van der Waals surface area (Å²) in [7, 11) is 0. The van der Waals surface area contributed by atoms with Gasteiger partial charge in [-0.15, -0.1) is 21.5 Å². The van der Waals surface area contributed by atoms with Gasteiger partial charge in [0, 0.05) is 11.4 Å². The molecule has 0 aliphatic rings. The van der Waals surface area contributed by atoms with Gasteiger partial charge in [-0.05, 0) is 19.1 Å². The Kier molecular flexibility index (Phi) is 6.08. The van der Waals surface area contributed by atoms with Gasteiger partial charge in [-0.1, -0.05) is 34.7 Å². The summed E-state index contributed by atoms with van der Waals surface area (Å²) in [6.07, 6.45) is 0. The van der Waals surface area contributed by atoms with Crippen LogP contribution in [0.15, 0.2) is 16.5 Å². The average molecular weight is 349 g/mol. The van der Waals surface area contributed by atoms with Crippen molar-refractivity contribution >= 4 is 57.1 Å². The van der Waals surface area contributed by atoms with Crippen molar-refractivity contribution in [3.8, 4) is 0 Å². The first-order valence-electron chi connectivity index (χ1n) is 5.88. The number of carbonyl (C=O) groups excluding carboxylic acids is 1. The Hall–Kier alpha value is -0.830. The maximum Gasteiger partial charge on any atom is 0.230 e. The number of amides is 1. The number of nitrogens with one attached hydrogen (secondary N) is 2. The molecular weight excluding hydrogens is 336 g/mol. The Balaban J connectivity index is 1.71. The van der Waals surface area contributed by atoms with Crippen molar-refractivity contribution in [1.29, 1.82) is 0 Å². The molecule has 0 aliphatic carbocycles. The third-order valence-corrected chi connectivity index (χ3v) is 5.40. The molecule has 0 radical (unpaired) electrons. The summed E-state index contributed by atoms with van der Waals surface area (Å²) in [5.74, 6) is 0.305. The third kappa shape index (κ3) is 4.93. The molecule has 108 valence electrons. The summed E-state index contributed by atoms with van der Waals surface area (Å²) in [6, 6.07) is 3.74. The zero-order valence-corrected chi connectivity index (χ0v) is 13.9. The predicted octanol–water partition coefficient (Wildman–Crippen LogP) is 3.09. The van der Waals surface area contributed by atoms with Crippen LogP contribution in [0.4, 0.5) is 5.13 Å². The Morgan fingerprint density at radius 2 is 2.25 bits per heavy atom. The molecule has 0 bridgehead atoms. The van der Waals surface area contributed by atoms with E-state index in [0.717, 1.165) is 25.2 Å². The molecule has 2 N–H and O–H groups in total. The molecule has 2 rings (SSSR count). The van der Waals surface area contributed by atoms with Crippen LogP contribution in [0.3, 0.4) is 0 Å². The molecule has 0 unspecified atom stereocenters. The molecule has 1 amide bonds. The summed E-state index contributed by atoms with van der Waals surface area (Å²) in [5, 5.41) is 14.7. The maximum absolute atomic E-state index is 11.7. The Bertz CT molecular complexity index is 572. The number of hydrogen-bond donors (Lipinski definition) is 2. The van der Waals surface area contributed by atoms with Crippen molar-refractivity contribution in [2.75, 3.05) is 17.6 Å². The van der Waals surface area contributed by atoms with E-state index in [9.17, 15) is 4.79 Å². The summed E-state index contributed by atoms with van der Waals surface area (Å²) < 4.78 is 1.52. The van der Waals surface area contributed by atoms with E-state index in [0.29, 0.717) is 12.3 Å². The van der Waals surface area contributed by atoms with E-state index in [2.05, 4.69) is 20.8 Å². The number of thiophene rings is 1. The van der Waals surface area contributed by atoms with Crippen LogP contribution >= 0.6 is 46.0 Å². The molecular formula is C11H13ClN4OS3. The van der Waals surface area contributed by atoms with Crippen molar-refractivity contribution in [3.63, 3.8) is 0 Å². The van der Waals surface area contributed by atoms with E-state index < -0.39 is 0 Å². The summed E-state index contributed by atoms with van der Waals surface area (Å²) >= 11 is 10.1. The first-order chi connectivity index (χ1) is 9.67. The van der Waals surface area contributed by atoms with E-state index in [1.807, 2.05) is 19.1 Å². The molecule has 0 aromatic carbocycles. The lowest BCUT2D eigenvalue weighted by Crippen LogP contribution is -2.24. The van der Waals surface area contributed by atoms with Gasteiger partial charge < -0.3 is 10.6 Å². The van der Waals surface area contributed by atoms with Gasteiger partial charge >= 0.3 is 0 Å². The van der Waals surface area contributed by atoms with E-state index in [4.69, 9.17) is 11.6 Å². The molecule has 0 spiro atoms. The van der Waals surface area contributed by atoms with Crippen molar-refractivity contribution < 1.29 is 4.79 Å². The summed E-state index contributed by atoms with van der Waals surface area (Å²) in [6.45, 7) is 3.32. The summed E-state index contributed by atoms with van der Waals surface area (Å²) in [4.78, 5) is 12.7. The minimum atomic E-state index is -0.0280. The number of carbonyl (C=O) groups is 1. The number of hydrogen-bond acceptors (Lipinski definition) is 7. The Labute approximate surface area is 134 Å². The molecule has 0 saturated carbocycles. The van der Waals surface area contributed by atoms with Crippen LogP contribution in [0, 0.1) is 0 Å². The van der Waals surface area contributed by atoms with Crippen LogP contribution in [0.25, 0.3) is 0 Å². The van der Waals surface area contributed by atoms with Crippen molar-refractivity contribution in [2.45, 2.75) is 17.8 Å². The van der Waals surface area contributed by atoms with E-state index in [-0.39, 0.29) is 5.91 Å². The normalized spacial score (nSPS) is 10.5. The molecule has 0 fully saturated rings. The average Bonchev–Trinajstić information content (AvgIpc) is 3.04. The van der Waals surface area contributed by atoms with Crippen LogP contribution in [-0.2, 0) is 11.3 Å². The lowest BCUT2D eigenvalue weighted by molar-refractivity contribution is -0.118. The van der Waals surface area contributed by atoms with Crippen molar-refractivity contribution in [3.05, 3.63) is 21.3 Å². The highest BCUT2D eigenvalue weighted by Crippen LogP contribution is 2.25. The van der Waals surface area contributed by atoms with Gasteiger partial charge in [-0.2, -0.15) is 0 Å². The Morgan fingerprint density at radius 3 is 2.95 bits per heavy atom. The first-order valence-corrected chi connectivity index (χ1v) is 8.88. The monoisotopic (exact) mass is 348 g/mol. The second-order valence-electron chi connectivity index (χ2n) is 3.67. The van der Waals surface area contributed by atoms with Crippen LogP contribution in [-0.4, -0.2) is 28.4 Å². The topological polar surface area (TPSA) is 66.9 Å². The smallest absolute Gasteiger partial charge is 0.230 e. The molecule has 0 atom stereocenters. The standard InChI is InChI=1S/C11H13ClN4OS3/c1-2-13-10-15-16-11(20-10)18-6-9(17)14-5-7-3-4-8(12)19-7/h3-4H,2,5-6H2,1H3,(H,13,15)(H,14,17). The van der Waals surface area contributed by atoms with Gasteiger partial charge in [0.05, 0.1) is 16.6 Å². The van der Waals surface area contributed by atoms with Gasteiger partial charge in [-0.25, -0.2) is 0 Å². The van der Waals surface area contributed by atoms with E-state index >= 15 is 0 Å². The third-order valence-electron chi connectivity index (χ3n) is 2.15. The quantitative estimate of drug-likeness (QED) is 0.752. The van der Waals surface area contributed by atoms with Gasteiger partial charge in [0.15, 0.2) is 4.34 Å². The molecule has 9 heteroatoms. The summed E-state index contributed by atoms with van der Waals surface area (Å²) in [5.41, 5.74) is 0. The van der Waals surface area contributed by atoms with Gasteiger partial charge in [-0.3, -0.25) is 4.79 Å². The molecule has 20 heavy (non-hydrogen) atoms. The fraction of sp³-hybridized carbons (Fsp3) is 0.364. The van der Waals surface area contributed by atoms with Gasteiger partial charge in [0.1, 0.15) is 0 Å². The number of aromatic nitrogens is 2. The number of anilines is 1. The molecule has 5 nitrogen and oxygen atoms in total. The highest BCUT2D eigenvalue weighted by atomic mass is 35.5. The Morgan fingerprint density at radius 1 is 1.40 bits per heavy atom. The first kappa shape index (κ1) is 15.6. The largest absolute Gasteiger partial charge is 0.360 e. The number of halogens is 1. The van der Waals surface area contributed by atoms with Gasteiger partial charge in [0.2, 0.25) is 11.0 Å². The predicted molar refractivity (Wildman–Crippen MR) is 86.0 cm³/mol. The number of rotatable bonds is 7. The lowest BCUT2D eigenvalue weighted by Gasteiger charge is -2.01. The second-order valence-corrected chi connectivity index (χ2v) is 7.67. The van der Waals surface area contributed by atoms with Crippen molar-refractivity contribution in [2.24, 2.45) is 0 Å². The fourth-order valence-corrected chi connectivity index (χ4v) is 3.98. The highest BCUT2D eigenvalue weighted by molar-refractivity contribution is 8.01. The molecule has 0 aliphatic heterocycles. The van der Waals surface area contributed by atoms with Gasteiger partial charge in [0.25, 0.3) is 0 Å². The minimum Gasteiger partial charge on any atom is -0.360 e. The second kappa shape index (κ2) is 7.82. The van der Waals surface area contributed by atoms with Crippen LogP contribution < -0.4 is 10.6 Å². The SMILES string of the molecule is CCNc1nnc(SCC(=O)NCc2ccc(Cl)s2)s1. The highest BCUT2D eigenvalue weighted by Gasteiger charge is 2.08. The van der Waals surface area contributed by atoms with E-state index in [1.54, 1.807) is 0 Å². The minimum absolute atomic E-state index is 0.0280. The van der Waals surface area contributed by atoms with Crippen LogP contribution in [0.1, 0.15) is 11.8 Å². The maximum atomic E-state index is 11.7. The van der Waals surface area contributed by atoms with Crippen molar-refractivity contribution in [1.82, 2.24) is 15.5 Å². The zero-order chi connectivity index (χ0) is 14.4. The molecule has 2 heterocycles.